The van der Waals surface area contributed by atoms with Gasteiger partial charge >= 0.3 is 0 Å². The Kier molecular flexibility index (Phi) is 4.20. The Bertz CT molecular complexity index is 510. The zero-order chi connectivity index (χ0) is 13.0. The minimum atomic E-state index is -0.570. The van der Waals surface area contributed by atoms with Crippen LogP contribution in [-0.2, 0) is 0 Å². The number of phenolic OH excluding ortho intramolecular Hbond substituents is 1. The minimum absolute atomic E-state index is 0.120. The lowest BCUT2D eigenvalue weighted by Crippen LogP contribution is -2.21. The van der Waals surface area contributed by atoms with Crippen LogP contribution in [0.15, 0.2) is 22.3 Å². The van der Waals surface area contributed by atoms with Crippen molar-refractivity contribution < 1.29 is 10.0 Å². The second-order valence-electron chi connectivity index (χ2n) is 2.89. The van der Waals surface area contributed by atoms with Crippen LogP contribution in [0.1, 0.15) is 5.56 Å². The predicted octanol–water partition coefficient (Wildman–Crippen LogP) is 0.512. The van der Waals surface area contributed by atoms with E-state index < -0.39 is 4.92 Å². The minimum Gasteiger partial charge on any atom is -0.506 e. The fourth-order valence-corrected chi connectivity index (χ4v) is 1.60. The van der Waals surface area contributed by atoms with E-state index in [1.807, 2.05) is 0 Å². The van der Waals surface area contributed by atoms with Crippen molar-refractivity contribution in [2.45, 2.75) is 0 Å². The molecule has 0 radical (unpaired) electrons. The molecule has 5 N–H and O–H groups in total. The molecule has 0 amide bonds. The van der Waals surface area contributed by atoms with E-state index in [1.165, 1.54) is 12.1 Å². The fraction of sp³-hybridized carbons (Fsp3) is 0. The van der Waals surface area contributed by atoms with Crippen LogP contribution in [0.2, 0.25) is 0 Å². The fourth-order valence-electron chi connectivity index (χ4n) is 0.967. The number of benzene rings is 1. The number of non-ortho nitro benzene ring substituents is 1. The second-order valence-corrected chi connectivity index (χ2v) is 4.05. The molecule has 8 nitrogen and oxygen atoms in total. The highest BCUT2D eigenvalue weighted by atomic mass is 127. The molecule has 1 aromatic rings. The number of nitrogens with zero attached hydrogens (tertiary/aromatic N) is 3. The monoisotopic (exact) mass is 349 g/mol. The van der Waals surface area contributed by atoms with Crippen molar-refractivity contribution in [1.29, 1.82) is 0 Å². The van der Waals surface area contributed by atoms with E-state index in [2.05, 4.69) is 10.2 Å². The van der Waals surface area contributed by atoms with Crippen LogP contribution in [0.5, 0.6) is 5.75 Å². The molecule has 0 bridgehead atoms. The number of nitro benzene ring substituents is 1. The van der Waals surface area contributed by atoms with Crippen LogP contribution < -0.4 is 11.5 Å². The van der Waals surface area contributed by atoms with Gasteiger partial charge in [-0.1, -0.05) is 0 Å². The maximum Gasteiger partial charge on any atom is 0.271 e. The number of hydrogen-bond donors (Lipinski definition) is 3. The molecule has 0 fully saturated rings. The SMILES string of the molecule is NC(N)=NN=Cc1cc([N+](=O)[O-])cc(I)c1O. The molecule has 90 valence electrons. The molecule has 17 heavy (non-hydrogen) atoms. The number of phenols is 1. The summed E-state index contributed by atoms with van der Waals surface area (Å²) in [4.78, 5) is 10.0. The lowest BCUT2D eigenvalue weighted by molar-refractivity contribution is -0.385. The Labute approximate surface area is 109 Å². The first-order valence-electron chi connectivity index (χ1n) is 4.20. The van der Waals surface area contributed by atoms with Gasteiger partial charge in [0, 0.05) is 17.7 Å². The molecule has 0 atom stereocenters. The molecule has 1 aromatic carbocycles. The molecule has 0 heterocycles. The Morgan fingerprint density at radius 2 is 2.18 bits per heavy atom. The van der Waals surface area contributed by atoms with Gasteiger partial charge in [-0.3, -0.25) is 10.1 Å². The quantitative estimate of drug-likeness (QED) is 0.240. The lowest BCUT2D eigenvalue weighted by Gasteiger charge is -2.01. The van der Waals surface area contributed by atoms with Gasteiger partial charge in [-0.2, -0.15) is 5.10 Å². The highest BCUT2D eigenvalue weighted by molar-refractivity contribution is 14.1. The Morgan fingerprint density at radius 1 is 1.53 bits per heavy atom. The van der Waals surface area contributed by atoms with E-state index in [9.17, 15) is 15.2 Å². The Balaban J connectivity index is 3.19. The van der Waals surface area contributed by atoms with Crippen LogP contribution in [0, 0.1) is 13.7 Å². The van der Waals surface area contributed by atoms with Crippen molar-refractivity contribution in [1.82, 2.24) is 0 Å². The molecular formula is C8H8IN5O3. The van der Waals surface area contributed by atoms with Gasteiger partial charge in [-0.25, -0.2) is 0 Å². The van der Waals surface area contributed by atoms with Crippen LogP contribution in [0.3, 0.4) is 0 Å². The standard InChI is InChI=1S/C8H8IN5O3/c9-6-2-5(14(16)17)1-4(7(6)15)3-12-13-8(10)11/h1-3,15H,(H4,10,11,13). The zero-order valence-corrected chi connectivity index (χ0v) is 10.5. The summed E-state index contributed by atoms with van der Waals surface area (Å²) >= 11 is 1.77. The summed E-state index contributed by atoms with van der Waals surface area (Å²) in [6.07, 6.45) is 1.13. The van der Waals surface area contributed by atoms with Gasteiger partial charge < -0.3 is 16.6 Å². The molecule has 0 aromatic heterocycles. The number of rotatable bonds is 3. The van der Waals surface area contributed by atoms with Gasteiger partial charge in [0.1, 0.15) is 5.75 Å². The largest absolute Gasteiger partial charge is 0.506 e. The van der Waals surface area contributed by atoms with Crippen LogP contribution >= 0.6 is 22.6 Å². The molecule has 1 rings (SSSR count). The third-order valence-electron chi connectivity index (χ3n) is 1.66. The summed E-state index contributed by atoms with van der Waals surface area (Å²) in [5.41, 5.74) is 10.1. The molecular weight excluding hydrogens is 341 g/mol. The molecule has 0 saturated heterocycles. The number of guanidine groups is 1. The highest BCUT2D eigenvalue weighted by Crippen LogP contribution is 2.28. The molecule has 9 heteroatoms. The van der Waals surface area contributed by atoms with E-state index in [0.717, 1.165) is 6.21 Å². The van der Waals surface area contributed by atoms with Crippen molar-refractivity contribution in [2.75, 3.05) is 0 Å². The van der Waals surface area contributed by atoms with E-state index in [0.29, 0.717) is 3.57 Å². The van der Waals surface area contributed by atoms with E-state index >= 15 is 0 Å². The smallest absolute Gasteiger partial charge is 0.271 e. The molecule has 0 aliphatic rings. The molecule has 0 aliphatic carbocycles. The Hall–Kier alpha value is -1.91. The van der Waals surface area contributed by atoms with Crippen molar-refractivity contribution in [2.24, 2.45) is 21.7 Å². The average molecular weight is 349 g/mol. The molecule has 0 saturated carbocycles. The number of nitrogens with two attached hydrogens (primary N) is 2. The van der Waals surface area contributed by atoms with Gasteiger partial charge in [-0.15, -0.1) is 5.10 Å². The third kappa shape index (κ3) is 3.55. The van der Waals surface area contributed by atoms with Gasteiger partial charge in [0.2, 0.25) is 5.96 Å². The normalized spacial score (nSPS) is 10.4. The van der Waals surface area contributed by atoms with Gasteiger partial charge in [0.05, 0.1) is 14.7 Å². The second kappa shape index (κ2) is 5.43. The number of halogens is 1. The van der Waals surface area contributed by atoms with Crippen molar-refractivity contribution in [3.63, 3.8) is 0 Å². The van der Waals surface area contributed by atoms with Crippen molar-refractivity contribution >= 4 is 40.5 Å². The summed E-state index contributed by atoms with van der Waals surface area (Å²) in [6, 6.07) is 2.41. The Morgan fingerprint density at radius 3 is 2.71 bits per heavy atom. The van der Waals surface area contributed by atoms with E-state index in [1.54, 1.807) is 22.6 Å². The molecule has 0 spiro atoms. The number of aromatic hydroxyl groups is 1. The summed E-state index contributed by atoms with van der Waals surface area (Å²) in [5.74, 6) is -0.369. The highest BCUT2D eigenvalue weighted by Gasteiger charge is 2.13. The van der Waals surface area contributed by atoms with Crippen LogP contribution in [0.25, 0.3) is 0 Å². The topological polar surface area (TPSA) is 140 Å². The molecule has 0 aliphatic heterocycles. The first-order valence-corrected chi connectivity index (χ1v) is 5.28. The first kappa shape index (κ1) is 13.2. The van der Waals surface area contributed by atoms with Gasteiger partial charge in [0.25, 0.3) is 5.69 Å². The summed E-state index contributed by atoms with van der Waals surface area (Å²) in [6.45, 7) is 0. The van der Waals surface area contributed by atoms with Gasteiger partial charge in [0.15, 0.2) is 0 Å². The average Bonchev–Trinajstić information content (AvgIpc) is 2.23. The van der Waals surface area contributed by atoms with Crippen LogP contribution in [0.4, 0.5) is 5.69 Å². The summed E-state index contributed by atoms with van der Waals surface area (Å²) in [7, 11) is 0. The maximum atomic E-state index is 10.6. The lowest BCUT2D eigenvalue weighted by atomic mass is 10.2. The first-order chi connectivity index (χ1) is 7.91. The molecule has 0 unspecified atom stereocenters. The maximum absolute atomic E-state index is 10.6. The number of nitro groups is 1. The van der Waals surface area contributed by atoms with Gasteiger partial charge in [-0.05, 0) is 22.6 Å². The third-order valence-corrected chi connectivity index (χ3v) is 2.48. The van der Waals surface area contributed by atoms with Crippen molar-refractivity contribution in [3.05, 3.63) is 31.4 Å². The zero-order valence-electron chi connectivity index (χ0n) is 8.37. The van der Waals surface area contributed by atoms with E-state index in [-0.39, 0.29) is 23.0 Å². The van der Waals surface area contributed by atoms with Crippen LogP contribution in [-0.4, -0.2) is 22.2 Å². The van der Waals surface area contributed by atoms with Crippen molar-refractivity contribution in [3.8, 4) is 5.75 Å². The number of hydrogen-bond acceptors (Lipinski definition) is 5. The summed E-state index contributed by atoms with van der Waals surface area (Å²) < 4.78 is 0.336. The summed E-state index contributed by atoms with van der Waals surface area (Å²) in [5, 5.41) is 27.0. The van der Waals surface area contributed by atoms with E-state index in [4.69, 9.17) is 11.5 Å². The predicted molar refractivity (Wildman–Crippen MR) is 70.9 cm³/mol.